The lowest BCUT2D eigenvalue weighted by molar-refractivity contribution is -0.156. The molecule has 5 nitrogen and oxygen atoms in total. The van der Waals surface area contributed by atoms with Gasteiger partial charge in [0.15, 0.2) is 6.10 Å². The quantitative estimate of drug-likeness (QED) is 0.807. The molecule has 4 rings (SSSR count). The molecule has 2 aliphatic rings. The number of carbonyl (C=O) groups is 1. The van der Waals surface area contributed by atoms with Crippen LogP contribution in [0.25, 0.3) is 0 Å². The van der Waals surface area contributed by atoms with E-state index in [1.165, 1.54) is 4.90 Å². The van der Waals surface area contributed by atoms with Gasteiger partial charge in [0.2, 0.25) is 0 Å². The van der Waals surface area contributed by atoms with Crippen molar-refractivity contribution in [1.82, 2.24) is 4.90 Å². The summed E-state index contributed by atoms with van der Waals surface area (Å²) in [6, 6.07) is 15.7. The molecule has 2 heterocycles. The molecule has 0 aliphatic carbocycles. The van der Waals surface area contributed by atoms with Crippen molar-refractivity contribution in [2.75, 3.05) is 33.1 Å². The third-order valence-corrected chi connectivity index (χ3v) is 6.35. The van der Waals surface area contributed by atoms with Gasteiger partial charge < -0.3 is 19.1 Å². The summed E-state index contributed by atoms with van der Waals surface area (Å²) in [6.45, 7) is 1.09. The lowest BCUT2D eigenvalue weighted by atomic mass is 9.98. The number of fused-ring (bicyclic) bond motifs is 3. The summed E-state index contributed by atoms with van der Waals surface area (Å²) in [5, 5.41) is 0. The first-order chi connectivity index (χ1) is 13.2. The fourth-order valence-corrected chi connectivity index (χ4v) is 5.02. The number of thioether (sulfide) groups is 1. The van der Waals surface area contributed by atoms with Gasteiger partial charge in [0.05, 0.1) is 19.8 Å². The molecular weight excluding hydrogens is 362 g/mol. The topological polar surface area (TPSA) is 48.0 Å². The zero-order chi connectivity index (χ0) is 18.8. The number of ether oxygens (including phenoxy) is 3. The van der Waals surface area contributed by atoms with E-state index in [0.29, 0.717) is 13.2 Å². The van der Waals surface area contributed by atoms with Crippen molar-refractivity contribution in [2.45, 2.75) is 23.1 Å². The summed E-state index contributed by atoms with van der Waals surface area (Å²) in [6.07, 6.45) is -0.732. The van der Waals surface area contributed by atoms with Crippen molar-refractivity contribution in [3.63, 3.8) is 0 Å². The number of hydrogen-bond acceptors (Lipinski definition) is 5. The average molecular weight is 385 g/mol. The molecule has 0 radical (unpaired) electrons. The van der Waals surface area contributed by atoms with E-state index in [-0.39, 0.29) is 18.1 Å². The van der Waals surface area contributed by atoms with Crippen LogP contribution in [0.2, 0.25) is 0 Å². The smallest absolute Gasteiger partial charge is 0.256 e. The van der Waals surface area contributed by atoms with Crippen molar-refractivity contribution in [2.24, 2.45) is 0 Å². The Morgan fingerprint density at radius 2 is 2.04 bits per heavy atom. The average Bonchev–Trinajstić information content (AvgIpc) is 2.74. The van der Waals surface area contributed by atoms with E-state index in [9.17, 15) is 4.79 Å². The molecule has 0 N–H and O–H groups in total. The van der Waals surface area contributed by atoms with Gasteiger partial charge >= 0.3 is 0 Å². The highest BCUT2D eigenvalue weighted by molar-refractivity contribution is 7.99. The van der Waals surface area contributed by atoms with Gasteiger partial charge in [0, 0.05) is 29.9 Å². The Morgan fingerprint density at radius 1 is 1.22 bits per heavy atom. The van der Waals surface area contributed by atoms with Gasteiger partial charge in [-0.1, -0.05) is 30.3 Å². The van der Waals surface area contributed by atoms with Crippen LogP contribution in [0.5, 0.6) is 5.75 Å². The molecule has 27 heavy (non-hydrogen) atoms. The van der Waals surface area contributed by atoms with E-state index in [0.717, 1.165) is 22.6 Å². The summed E-state index contributed by atoms with van der Waals surface area (Å²) in [5.74, 6) is 1.61. The van der Waals surface area contributed by atoms with E-state index in [1.807, 2.05) is 47.4 Å². The van der Waals surface area contributed by atoms with Crippen LogP contribution in [0.1, 0.15) is 23.3 Å². The molecule has 6 heteroatoms. The maximum atomic E-state index is 13.3. The van der Waals surface area contributed by atoms with Gasteiger partial charge in [-0.2, -0.15) is 0 Å². The van der Waals surface area contributed by atoms with Crippen LogP contribution in [0.15, 0.2) is 53.4 Å². The molecule has 1 fully saturated rings. The summed E-state index contributed by atoms with van der Waals surface area (Å²) in [5.41, 5.74) is 1.97. The van der Waals surface area contributed by atoms with E-state index in [1.54, 1.807) is 26.0 Å². The maximum Gasteiger partial charge on any atom is 0.256 e. The van der Waals surface area contributed by atoms with Gasteiger partial charge in [-0.05, 0) is 23.8 Å². The summed E-state index contributed by atoms with van der Waals surface area (Å²) in [7, 11) is 3.25. The Hall–Kier alpha value is -2.02. The molecule has 0 unspecified atom stereocenters. The minimum atomic E-state index is -0.596. The SMILES string of the molecule is COc1ccc2c(c1)[C@H]1OCCN(C(=O)[C@@H](OC)c3ccccc3)[C@H]1CS2. The van der Waals surface area contributed by atoms with Crippen LogP contribution >= 0.6 is 11.8 Å². The monoisotopic (exact) mass is 385 g/mol. The second kappa shape index (κ2) is 7.92. The van der Waals surface area contributed by atoms with Crippen molar-refractivity contribution in [1.29, 1.82) is 0 Å². The van der Waals surface area contributed by atoms with Crippen molar-refractivity contribution < 1.29 is 19.0 Å². The molecule has 142 valence electrons. The number of rotatable bonds is 4. The first-order valence-corrected chi connectivity index (χ1v) is 10.0. The summed E-state index contributed by atoms with van der Waals surface area (Å²) in [4.78, 5) is 16.5. The number of hydrogen-bond donors (Lipinski definition) is 0. The number of benzene rings is 2. The maximum absolute atomic E-state index is 13.3. The fraction of sp³-hybridized carbons (Fsp3) is 0.381. The largest absolute Gasteiger partial charge is 0.497 e. The van der Waals surface area contributed by atoms with Crippen LogP contribution in [0, 0.1) is 0 Å². The third kappa shape index (κ3) is 3.45. The Labute approximate surface area is 163 Å². The molecule has 1 saturated heterocycles. The van der Waals surface area contributed by atoms with Crippen molar-refractivity contribution >= 4 is 17.7 Å². The van der Waals surface area contributed by atoms with E-state index < -0.39 is 6.10 Å². The highest BCUT2D eigenvalue weighted by Crippen LogP contribution is 2.44. The van der Waals surface area contributed by atoms with E-state index in [4.69, 9.17) is 14.2 Å². The van der Waals surface area contributed by atoms with E-state index >= 15 is 0 Å². The first kappa shape index (κ1) is 18.3. The zero-order valence-electron chi connectivity index (χ0n) is 15.5. The number of morpholine rings is 1. The van der Waals surface area contributed by atoms with Gasteiger partial charge in [-0.3, -0.25) is 4.79 Å². The minimum absolute atomic E-state index is 0.00561. The normalized spacial score (nSPS) is 22.5. The molecule has 3 atom stereocenters. The Bertz CT molecular complexity index is 813. The second-order valence-electron chi connectivity index (χ2n) is 6.63. The van der Waals surface area contributed by atoms with Crippen molar-refractivity contribution in [3.05, 3.63) is 59.7 Å². The lowest BCUT2D eigenvalue weighted by Crippen LogP contribution is -2.53. The Morgan fingerprint density at radius 3 is 2.78 bits per heavy atom. The Balaban J connectivity index is 1.62. The Kier molecular flexibility index (Phi) is 5.38. The van der Waals surface area contributed by atoms with Crippen LogP contribution in [0.4, 0.5) is 0 Å². The molecule has 1 amide bonds. The predicted octanol–water partition coefficient (Wildman–Crippen LogP) is 3.46. The van der Waals surface area contributed by atoms with Crippen LogP contribution in [-0.2, 0) is 14.3 Å². The summed E-state index contributed by atoms with van der Waals surface area (Å²) >= 11 is 1.76. The molecule has 2 aromatic carbocycles. The predicted molar refractivity (Wildman–Crippen MR) is 104 cm³/mol. The first-order valence-electron chi connectivity index (χ1n) is 9.03. The molecule has 2 aliphatic heterocycles. The van der Waals surface area contributed by atoms with Crippen LogP contribution in [0.3, 0.4) is 0 Å². The van der Waals surface area contributed by atoms with Gasteiger partial charge in [0.1, 0.15) is 11.9 Å². The molecule has 0 aromatic heterocycles. The lowest BCUT2D eigenvalue weighted by Gasteiger charge is -2.45. The third-order valence-electron chi connectivity index (χ3n) is 5.16. The van der Waals surface area contributed by atoms with Gasteiger partial charge in [-0.25, -0.2) is 0 Å². The molecule has 0 saturated carbocycles. The number of nitrogens with zero attached hydrogens (tertiary/aromatic N) is 1. The van der Waals surface area contributed by atoms with Crippen LogP contribution < -0.4 is 4.74 Å². The number of methoxy groups -OCH3 is 2. The van der Waals surface area contributed by atoms with Gasteiger partial charge in [0.25, 0.3) is 5.91 Å². The fourth-order valence-electron chi connectivity index (χ4n) is 3.81. The van der Waals surface area contributed by atoms with Gasteiger partial charge in [-0.15, -0.1) is 11.8 Å². The second-order valence-corrected chi connectivity index (χ2v) is 7.69. The molecule has 0 bridgehead atoms. The van der Waals surface area contributed by atoms with Crippen LogP contribution in [-0.4, -0.2) is 50.0 Å². The highest BCUT2D eigenvalue weighted by Gasteiger charge is 2.42. The molecule has 2 aromatic rings. The molecular formula is C21H23NO4S. The summed E-state index contributed by atoms with van der Waals surface area (Å²) < 4.78 is 17.1. The van der Waals surface area contributed by atoms with E-state index in [2.05, 4.69) is 6.07 Å². The van der Waals surface area contributed by atoms with Crippen molar-refractivity contribution in [3.8, 4) is 5.75 Å². The number of amides is 1. The minimum Gasteiger partial charge on any atom is -0.497 e. The molecule has 0 spiro atoms. The number of carbonyl (C=O) groups excluding carboxylic acids is 1. The highest BCUT2D eigenvalue weighted by atomic mass is 32.2. The zero-order valence-corrected chi connectivity index (χ0v) is 16.3. The standard InChI is InChI=1S/C21H23NO4S/c1-24-15-8-9-18-16(12-15)20-17(13-27-18)22(10-11-26-20)21(23)19(25-2)14-6-4-3-5-7-14/h3-9,12,17,19-20H,10-11,13H2,1-2H3/t17-,19-,20+/m0/s1.